The molecule has 0 aliphatic rings. The third-order valence-corrected chi connectivity index (χ3v) is 4.82. The van der Waals surface area contributed by atoms with Gasteiger partial charge in [0.2, 0.25) is 10.0 Å². The van der Waals surface area contributed by atoms with E-state index in [1.165, 1.54) is 24.3 Å². The van der Waals surface area contributed by atoms with E-state index in [1.54, 1.807) is 31.3 Å². The van der Waals surface area contributed by atoms with E-state index in [0.717, 1.165) is 5.56 Å². The maximum Gasteiger partial charge on any atom is 0.253 e. The van der Waals surface area contributed by atoms with Gasteiger partial charge in [0.15, 0.2) is 0 Å². The molecule has 0 unspecified atom stereocenters. The molecule has 0 aliphatic carbocycles. The molecule has 0 saturated carbocycles. The maximum absolute atomic E-state index is 12.4. The first-order valence-corrected chi connectivity index (χ1v) is 8.66. The van der Waals surface area contributed by atoms with Gasteiger partial charge in [-0.1, -0.05) is 6.92 Å². The smallest absolute Gasteiger partial charge is 0.253 e. The molecule has 1 heterocycles. The van der Waals surface area contributed by atoms with Crippen LogP contribution in [0.3, 0.4) is 0 Å². The highest BCUT2D eigenvalue weighted by atomic mass is 32.2. The summed E-state index contributed by atoms with van der Waals surface area (Å²) in [6, 6.07) is 9.61. The number of nitrogens with zero attached hydrogens (tertiary/aromatic N) is 2. The fourth-order valence-corrected chi connectivity index (χ4v) is 3.15. The second-order valence-electron chi connectivity index (χ2n) is 5.04. The lowest BCUT2D eigenvalue weighted by Crippen LogP contribution is -2.26. The Labute approximate surface area is 136 Å². The third-order valence-electron chi connectivity index (χ3n) is 3.26. The molecule has 0 saturated heterocycles. The molecule has 7 heteroatoms. The number of hydrogen-bond acceptors (Lipinski definition) is 4. The highest BCUT2D eigenvalue weighted by molar-refractivity contribution is 7.89. The van der Waals surface area contributed by atoms with Gasteiger partial charge in [-0.05, 0) is 42.0 Å². The van der Waals surface area contributed by atoms with E-state index < -0.39 is 10.0 Å². The number of carbonyl (C=O) groups is 1. The van der Waals surface area contributed by atoms with Crippen LogP contribution in [0.1, 0.15) is 22.8 Å². The average Bonchev–Trinajstić information content (AvgIpc) is 2.55. The summed E-state index contributed by atoms with van der Waals surface area (Å²) >= 11 is 0. The number of sulfonamides is 1. The van der Waals surface area contributed by atoms with Gasteiger partial charge >= 0.3 is 0 Å². The van der Waals surface area contributed by atoms with Gasteiger partial charge in [-0.3, -0.25) is 9.78 Å². The van der Waals surface area contributed by atoms with Crippen molar-refractivity contribution >= 4 is 15.9 Å². The summed E-state index contributed by atoms with van der Waals surface area (Å²) in [5.41, 5.74) is 1.42. The highest BCUT2D eigenvalue weighted by Gasteiger charge is 2.15. The lowest BCUT2D eigenvalue weighted by molar-refractivity contribution is 0.0785. The van der Waals surface area contributed by atoms with Crippen molar-refractivity contribution in [3.63, 3.8) is 0 Å². The zero-order valence-electron chi connectivity index (χ0n) is 13.1. The second-order valence-corrected chi connectivity index (χ2v) is 6.81. The second kappa shape index (κ2) is 7.34. The van der Waals surface area contributed by atoms with Crippen LogP contribution in [-0.2, 0) is 16.6 Å². The molecule has 122 valence electrons. The molecule has 0 aliphatic heterocycles. The third kappa shape index (κ3) is 4.37. The Morgan fingerprint density at radius 2 is 1.74 bits per heavy atom. The number of aromatic nitrogens is 1. The van der Waals surface area contributed by atoms with Crippen molar-refractivity contribution in [1.82, 2.24) is 14.6 Å². The van der Waals surface area contributed by atoms with Crippen LogP contribution in [0.5, 0.6) is 0 Å². The first-order chi connectivity index (χ1) is 10.9. The van der Waals surface area contributed by atoms with E-state index in [-0.39, 0.29) is 10.8 Å². The van der Waals surface area contributed by atoms with Gasteiger partial charge in [0.25, 0.3) is 5.91 Å². The summed E-state index contributed by atoms with van der Waals surface area (Å²) in [6.45, 7) is 2.49. The van der Waals surface area contributed by atoms with Crippen LogP contribution in [0.2, 0.25) is 0 Å². The van der Waals surface area contributed by atoms with E-state index in [4.69, 9.17) is 0 Å². The lowest BCUT2D eigenvalue weighted by Gasteiger charge is -2.17. The monoisotopic (exact) mass is 333 g/mol. The van der Waals surface area contributed by atoms with Crippen LogP contribution in [0, 0.1) is 0 Å². The summed E-state index contributed by atoms with van der Waals surface area (Å²) in [5, 5.41) is 0. The molecular formula is C16H19N3O3S. The van der Waals surface area contributed by atoms with Gasteiger partial charge < -0.3 is 4.90 Å². The quantitative estimate of drug-likeness (QED) is 0.872. The molecule has 1 N–H and O–H groups in total. The normalized spacial score (nSPS) is 11.2. The summed E-state index contributed by atoms with van der Waals surface area (Å²) in [6.07, 6.45) is 3.35. The number of hydrogen-bond donors (Lipinski definition) is 1. The Kier molecular flexibility index (Phi) is 5.46. The van der Waals surface area contributed by atoms with Crippen LogP contribution < -0.4 is 4.72 Å². The van der Waals surface area contributed by atoms with E-state index >= 15 is 0 Å². The number of benzene rings is 1. The molecule has 0 bridgehead atoms. The standard InChI is InChI=1S/C16H19N3O3S/c1-3-18-23(21,22)15-6-4-14(5-7-15)16(20)19(2)12-13-8-10-17-11-9-13/h4-11,18H,3,12H2,1-2H3. The van der Waals surface area contributed by atoms with Crippen molar-refractivity contribution in [2.75, 3.05) is 13.6 Å². The van der Waals surface area contributed by atoms with Crippen molar-refractivity contribution in [1.29, 1.82) is 0 Å². The van der Waals surface area contributed by atoms with Crippen molar-refractivity contribution in [3.05, 3.63) is 59.9 Å². The number of rotatable bonds is 6. The first kappa shape index (κ1) is 17.1. The Morgan fingerprint density at radius 1 is 1.13 bits per heavy atom. The summed E-state index contributed by atoms with van der Waals surface area (Å²) in [4.78, 5) is 18.0. The van der Waals surface area contributed by atoms with Crippen molar-refractivity contribution in [2.24, 2.45) is 0 Å². The number of nitrogens with one attached hydrogen (secondary N) is 1. The molecule has 1 aromatic carbocycles. The molecule has 23 heavy (non-hydrogen) atoms. The first-order valence-electron chi connectivity index (χ1n) is 7.18. The Hall–Kier alpha value is -2.25. The molecule has 0 atom stereocenters. The minimum atomic E-state index is -3.50. The zero-order chi connectivity index (χ0) is 16.9. The van der Waals surface area contributed by atoms with Gasteiger partial charge in [-0.25, -0.2) is 13.1 Å². The fraction of sp³-hybridized carbons (Fsp3) is 0.250. The van der Waals surface area contributed by atoms with E-state index in [1.807, 2.05) is 12.1 Å². The predicted molar refractivity (Wildman–Crippen MR) is 87.3 cm³/mol. The SMILES string of the molecule is CCNS(=O)(=O)c1ccc(C(=O)N(C)Cc2ccncc2)cc1. The van der Waals surface area contributed by atoms with Gasteiger partial charge in [0.05, 0.1) is 4.90 Å². The molecular weight excluding hydrogens is 314 g/mol. The summed E-state index contributed by atoms with van der Waals surface area (Å²) < 4.78 is 26.2. The van der Waals surface area contributed by atoms with Crippen molar-refractivity contribution < 1.29 is 13.2 Å². The predicted octanol–water partition coefficient (Wildman–Crippen LogP) is 1.65. The van der Waals surface area contributed by atoms with E-state index in [0.29, 0.717) is 18.7 Å². The molecule has 0 spiro atoms. The van der Waals surface area contributed by atoms with Gasteiger partial charge in [0, 0.05) is 38.1 Å². The molecule has 2 aromatic rings. The van der Waals surface area contributed by atoms with Gasteiger partial charge in [-0.15, -0.1) is 0 Å². The molecule has 6 nitrogen and oxygen atoms in total. The Morgan fingerprint density at radius 3 is 2.30 bits per heavy atom. The van der Waals surface area contributed by atoms with E-state index in [9.17, 15) is 13.2 Å². The van der Waals surface area contributed by atoms with E-state index in [2.05, 4.69) is 9.71 Å². The Bertz CT molecular complexity index is 759. The molecule has 1 aromatic heterocycles. The molecule has 2 rings (SSSR count). The van der Waals surface area contributed by atoms with Crippen LogP contribution in [0.4, 0.5) is 0 Å². The topological polar surface area (TPSA) is 79.4 Å². The minimum absolute atomic E-state index is 0.146. The fourth-order valence-electron chi connectivity index (χ4n) is 2.10. The number of carbonyl (C=O) groups excluding carboxylic acids is 1. The van der Waals surface area contributed by atoms with Crippen LogP contribution >= 0.6 is 0 Å². The number of pyridine rings is 1. The lowest BCUT2D eigenvalue weighted by atomic mass is 10.2. The maximum atomic E-state index is 12.4. The minimum Gasteiger partial charge on any atom is -0.337 e. The van der Waals surface area contributed by atoms with Crippen molar-refractivity contribution in [2.45, 2.75) is 18.4 Å². The Balaban J connectivity index is 2.11. The largest absolute Gasteiger partial charge is 0.337 e. The average molecular weight is 333 g/mol. The van der Waals surface area contributed by atoms with Gasteiger partial charge in [0.1, 0.15) is 0 Å². The highest BCUT2D eigenvalue weighted by Crippen LogP contribution is 2.13. The van der Waals surface area contributed by atoms with Gasteiger partial charge in [-0.2, -0.15) is 0 Å². The number of amides is 1. The van der Waals surface area contributed by atoms with Crippen LogP contribution in [0.25, 0.3) is 0 Å². The van der Waals surface area contributed by atoms with Crippen LogP contribution in [0.15, 0.2) is 53.7 Å². The zero-order valence-corrected chi connectivity index (χ0v) is 13.9. The van der Waals surface area contributed by atoms with Crippen LogP contribution in [-0.4, -0.2) is 37.8 Å². The molecule has 0 radical (unpaired) electrons. The van der Waals surface area contributed by atoms with Crippen molar-refractivity contribution in [3.8, 4) is 0 Å². The summed E-state index contributed by atoms with van der Waals surface area (Å²) in [5.74, 6) is -0.172. The molecule has 0 fully saturated rings. The summed E-state index contributed by atoms with van der Waals surface area (Å²) in [7, 11) is -1.80. The molecule has 1 amide bonds.